The Hall–Kier alpha value is -3.31. The third-order valence-corrected chi connectivity index (χ3v) is 6.66. The number of fused-ring (bicyclic) bond motifs is 3. The Kier molecular flexibility index (Phi) is 5.81. The number of piperidine rings is 1. The van der Waals surface area contributed by atoms with E-state index in [4.69, 9.17) is 9.15 Å². The van der Waals surface area contributed by atoms with Crippen LogP contribution in [-0.4, -0.2) is 35.7 Å². The lowest BCUT2D eigenvalue weighted by molar-refractivity contribution is 0.0526. The number of nitrogens with zero attached hydrogens (tertiary/aromatic N) is 1. The lowest BCUT2D eigenvalue weighted by Gasteiger charge is -2.36. The fourth-order valence-corrected chi connectivity index (χ4v) is 5.23. The predicted octanol–water partition coefficient (Wildman–Crippen LogP) is 6.35. The number of phenols is 1. The third-order valence-electron chi connectivity index (χ3n) is 6.66. The largest absolute Gasteiger partial charge is 0.507 e. The molecule has 5 heteroatoms. The molecule has 1 N–H and O–H groups in total. The summed E-state index contributed by atoms with van der Waals surface area (Å²) < 4.78 is 11.6. The number of phenolic OH excluding ortho intramolecular Hbond substituents is 1. The van der Waals surface area contributed by atoms with Gasteiger partial charge in [0.1, 0.15) is 22.7 Å². The zero-order valence-electron chi connectivity index (χ0n) is 19.1. The number of ether oxygens (including phenoxy) is 1. The van der Waals surface area contributed by atoms with Gasteiger partial charge in [0.05, 0.1) is 12.6 Å². The van der Waals surface area contributed by atoms with Gasteiger partial charge in [-0.25, -0.2) is 4.79 Å². The summed E-state index contributed by atoms with van der Waals surface area (Å²) in [5.74, 6) is 0.282. The minimum Gasteiger partial charge on any atom is -0.507 e. The van der Waals surface area contributed by atoms with Crippen molar-refractivity contribution in [3.63, 3.8) is 0 Å². The molecule has 170 valence electrons. The van der Waals surface area contributed by atoms with Gasteiger partial charge in [-0.3, -0.25) is 4.90 Å². The van der Waals surface area contributed by atoms with Crippen molar-refractivity contribution < 1.29 is 19.1 Å². The van der Waals surface area contributed by atoms with E-state index in [1.54, 1.807) is 13.8 Å². The van der Waals surface area contributed by atoms with Gasteiger partial charge in [-0.1, -0.05) is 61.0 Å². The Balaban J connectivity index is 1.89. The maximum atomic E-state index is 13.1. The standard InChI is InChI=1S/C28H29NO4/c1-3-32-28(31)22-18(2)33-27-21-15-9-8-14-20(21)26(30)24(23(22)27)25(19-12-6-4-7-13-19)29-16-10-5-11-17-29/h4,6-9,12-15,25,30H,3,5,10-11,16-17H2,1-2H3. The summed E-state index contributed by atoms with van der Waals surface area (Å²) in [6, 6.07) is 17.7. The maximum Gasteiger partial charge on any atom is 0.342 e. The number of rotatable bonds is 5. The normalized spacial score (nSPS) is 15.7. The van der Waals surface area contributed by atoms with Crippen LogP contribution in [0.25, 0.3) is 21.7 Å². The van der Waals surface area contributed by atoms with E-state index < -0.39 is 5.97 Å². The van der Waals surface area contributed by atoms with Gasteiger partial charge < -0.3 is 14.3 Å². The SMILES string of the molecule is CCOC(=O)c1c(C)oc2c1c(C(c1ccccc1)N1CCCCC1)c(O)c1ccccc12. The van der Waals surface area contributed by atoms with Crippen LogP contribution in [0.1, 0.15) is 59.5 Å². The molecule has 0 amide bonds. The van der Waals surface area contributed by atoms with Crippen LogP contribution in [0.3, 0.4) is 0 Å². The van der Waals surface area contributed by atoms with E-state index in [1.165, 1.54) is 6.42 Å². The first-order valence-corrected chi connectivity index (χ1v) is 11.7. The summed E-state index contributed by atoms with van der Waals surface area (Å²) >= 11 is 0. The number of furan rings is 1. The van der Waals surface area contributed by atoms with Gasteiger partial charge in [-0.05, 0) is 45.3 Å². The van der Waals surface area contributed by atoms with Gasteiger partial charge in [-0.2, -0.15) is 0 Å². The molecule has 0 radical (unpaired) electrons. The van der Waals surface area contributed by atoms with Gasteiger partial charge >= 0.3 is 5.97 Å². The average Bonchev–Trinajstić information content (AvgIpc) is 3.20. The van der Waals surface area contributed by atoms with Crippen LogP contribution in [0.4, 0.5) is 0 Å². The van der Waals surface area contributed by atoms with Crippen LogP contribution in [-0.2, 0) is 4.74 Å². The van der Waals surface area contributed by atoms with Crippen molar-refractivity contribution in [1.82, 2.24) is 4.90 Å². The van der Waals surface area contributed by atoms with E-state index in [1.807, 2.05) is 42.5 Å². The van der Waals surface area contributed by atoms with Gasteiger partial charge in [0, 0.05) is 21.7 Å². The molecule has 1 aromatic heterocycles. The van der Waals surface area contributed by atoms with Crippen LogP contribution in [0.5, 0.6) is 5.75 Å². The van der Waals surface area contributed by atoms with Crippen LogP contribution in [0.2, 0.25) is 0 Å². The summed E-state index contributed by atoms with van der Waals surface area (Å²) in [5, 5.41) is 13.9. The van der Waals surface area contributed by atoms with Gasteiger partial charge in [0.25, 0.3) is 0 Å². The first-order valence-electron chi connectivity index (χ1n) is 11.7. The Morgan fingerprint density at radius 3 is 2.39 bits per heavy atom. The van der Waals surface area contributed by atoms with Crippen molar-refractivity contribution in [1.29, 1.82) is 0 Å². The van der Waals surface area contributed by atoms with Crippen LogP contribution in [0.15, 0.2) is 59.0 Å². The molecule has 0 bridgehead atoms. The van der Waals surface area contributed by atoms with Gasteiger partial charge in [-0.15, -0.1) is 0 Å². The molecule has 4 aromatic rings. The fraction of sp³-hybridized carbons (Fsp3) is 0.321. The fourth-order valence-electron chi connectivity index (χ4n) is 5.23. The van der Waals surface area contributed by atoms with E-state index in [-0.39, 0.29) is 18.4 Å². The second-order valence-corrected chi connectivity index (χ2v) is 8.68. The minimum absolute atomic E-state index is 0.198. The highest BCUT2D eigenvalue weighted by Gasteiger charge is 2.34. The number of carbonyl (C=O) groups is 1. The molecule has 3 aromatic carbocycles. The smallest absolute Gasteiger partial charge is 0.342 e. The number of aryl methyl sites for hydroxylation is 1. The molecule has 5 rings (SSSR count). The highest BCUT2D eigenvalue weighted by atomic mass is 16.5. The van der Waals surface area contributed by atoms with Gasteiger partial charge in [0.15, 0.2) is 0 Å². The molecule has 0 aliphatic carbocycles. The predicted molar refractivity (Wildman–Crippen MR) is 130 cm³/mol. The van der Waals surface area contributed by atoms with E-state index in [2.05, 4.69) is 17.0 Å². The second-order valence-electron chi connectivity index (χ2n) is 8.68. The van der Waals surface area contributed by atoms with Crippen LogP contribution >= 0.6 is 0 Å². The van der Waals surface area contributed by atoms with Crippen molar-refractivity contribution >= 4 is 27.7 Å². The summed E-state index contributed by atoms with van der Waals surface area (Å²) in [6.07, 6.45) is 3.42. The second kappa shape index (κ2) is 8.91. The Bertz CT molecular complexity index is 1300. The third kappa shape index (κ3) is 3.66. The van der Waals surface area contributed by atoms with Crippen molar-refractivity contribution in [2.75, 3.05) is 19.7 Å². The molecular formula is C28H29NO4. The summed E-state index contributed by atoms with van der Waals surface area (Å²) in [6.45, 7) is 5.72. The maximum absolute atomic E-state index is 13.1. The molecule has 1 aliphatic rings. The molecule has 0 spiro atoms. The van der Waals surface area contributed by atoms with E-state index >= 15 is 0 Å². The first-order chi connectivity index (χ1) is 16.1. The molecule has 1 unspecified atom stereocenters. The minimum atomic E-state index is -0.421. The Labute approximate surface area is 193 Å². The highest BCUT2D eigenvalue weighted by molar-refractivity contribution is 6.16. The average molecular weight is 444 g/mol. The number of hydrogen-bond donors (Lipinski definition) is 1. The number of carbonyl (C=O) groups excluding carboxylic acids is 1. The van der Waals surface area contributed by atoms with Crippen molar-refractivity contribution in [3.8, 4) is 5.75 Å². The number of aromatic hydroxyl groups is 1. The van der Waals surface area contributed by atoms with Crippen LogP contribution in [0, 0.1) is 6.92 Å². The Morgan fingerprint density at radius 2 is 1.70 bits per heavy atom. The Morgan fingerprint density at radius 1 is 1.03 bits per heavy atom. The molecule has 1 saturated heterocycles. The topological polar surface area (TPSA) is 62.9 Å². The lowest BCUT2D eigenvalue weighted by atomic mass is 9.88. The number of benzene rings is 3. The molecule has 33 heavy (non-hydrogen) atoms. The molecule has 1 fully saturated rings. The van der Waals surface area contributed by atoms with E-state index in [0.29, 0.717) is 22.3 Å². The van der Waals surface area contributed by atoms with Crippen LogP contribution < -0.4 is 0 Å². The molecule has 5 nitrogen and oxygen atoms in total. The molecule has 2 heterocycles. The number of esters is 1. The molecule has 1 atom stereocenters. The molecular weight excluding hydrogens is 414 g/mol. The molecule has 0 saturated carbocycles. The van der Waals surface area contributed by atoms with E-state index in [9.17, 15) is 9.90 Å². The zero-order chi connectivity index (χ0) is 22.9. The molecule has 1 aliphatic heterocycles. The summed E-state index contributed by atoms with van der Waals surface area (Å²) in [4.78, 5) is 15.5. The highest BCUT2D eigenvalue weighted by Crippen LogP contribution is 2.47. The monoisotopic (exact) mass is 443 g/mol. The van der Waals surface area contributed by atoms with Crippen molar-refractivity contribution in [3.05, 3.63) is 77.0 Å². The van der Waals surface area contributed by atoms with Gasteiger partial charge in [0.2, 0.25) is 0 Å². The lowest BCUT2D eigenvalue weighted by Crippen LogP contribution is -2.34. The first kappa shape index (κ1) is 21.5. The summed E-state index contributed by atoms with van der Waals surface area (Å²) in [5.41, 5.74) is 2.83. The van der Waals surface area contributed by atoms with Crippen molar-refractivity contribution in [2.24, 2.45) is 0 Å². The summed E-state index contributed by atoms with van der Waals surface area (Å²) in [7, 11) is 0. The van der Waals surface area contributed by atoms with Crippen molar-refractivity contribution in [2.45, 2.75) is 39.2 Å². The quantitative estimate of drug-likeness (QED) is 0.364. The number of hydrogen-bond acceptors (Lipinski definition) is 5. The zero-order valence-corrected chi connectivity index (χ0v) is 19.1. The number of likely N-dealkylation sites (tertiary alicyclic amines) is 1. The van der Waals surface area contributed by atoms with E-state index in [0.717, 1.165) is 47.8 Å².